The van der Waals surface area contributed by atoms with Crippen LogP contribution >= 0.6 is 23.2 Å². The number of halogens is 2. The van der Waals surface area contributed by atoms with Crippen LogP contribution in [0.3, 0.4) is 0 Å². The van der Waals surface area contributed by atoms with E-state index in [1.54, 1.807) is 41.3 Å². The van der Waals surface area contributed by atoms with Crippen molar-refractivity contribution in [1.29, 1.82) is 0 Å². The first-order valence-electron chi connectivity index (χ1n) is 12.7. The van der Waals surface area contributed by atoms with Crippen molar-refractivity contribution in [2.75, 3.05) is 19.8 Å². The Morgan fingerprint density at radius 1 is 0.846 bits per heavy atom. The fourth-order valence-electron chi connectivity index (χ4n) is 4.75. The first-order valence-corrected chi connectivity index (χ1v) is 13.4. The third-order valence-corrected chi connectivity index (χ3v) is 7.64. The molecule has 0 aliphatic carbocycles. The van der Waals surface area contributed by atoms with Crippen molar-refractivity contribution in [3.05, 3.63) is 130 Å². The second-order valence-corrected chi connectivity index (χ2v) is 10.3. The smallest absolute Gasteiger partial charge is 0.338 e. The molecule has 4 aromatic rings. The number of benzene rings is 4. The lowest BCUT2D eigenvalue weighted by Crippen LogP contribution is -2.53. The van der Waals surface area contributed by atoms with Crippen LogP contribution in [0.15, 0.2) is 103 Å². The number of rotatable bonds is 8. The molecule has 0 radical (unpaired) electrons. The Morgan fingerprint density at radius 3 is 2.21 bits per heavy atom. The highest BCUT2D eigenvalue weighted by atomic mass is 35.5. The number of carbonyl (C=O) groups is 2. The van der Waals surface area contributed by atoms with Gasteiger partial charge in [-0.05, 0) is 46.5 Å². The molecule has 4 aromatic carbocycles. The van der Waals surface area contributed by atoms with E-state index in [9.17, 15) is 9.59 Å². The zero-order chi connectivity index (χ0) is 27.2. The number of hydrogen-bond donors (Lipinski definition) is 0. The quantitative estimate of drug-likeness (QED) is 0.215. The first kappa shape index (κ1) is 26.9. The molecular formula is C32H27Cl2NO4. The SMILES string of the molecule is O=C(OCCC1(c2ccc(Cl)c(Cl)c2)CN(Cc2ccc(-c3ccccc3)cc2)C(=O)CO1)c1ccccc1. The third-order valence-electron chi connectivity index (χ3n) is 6.90. The van der Waals surface area contributed by atoms with Crippen LogP contribution in [0.2, 0.25) is 10.0 Å². The molecule has 0 bridgehead atoms. The molecule has 5 rings (SSSR count). The summed E-state index contributed by atoms with van der Waals surface area (Å²) in [5.74, 6) is -0.527. The monoisotopic (exact) mass is 559 g/mol. The largest absolute Gasteiger partial charge is 0.462 e. The summed E-state index contributed by atoms with van der Waals surface area (Å²) < 4.78 is 11.8. The van der Waals surface area contributed by atoms with E-state index in [-0.39, 0.29) is 25.7 Å². The lowest BCUT2D eigenvalue weighted by atomic mass is 9.88. The van der Waals surface area contributed by atoms with Gasteiger partial charge in [0.25, 0.3) is 0 Å². The van der Waals surface area contributed by atoms with Gasteiger partial charge in [0.15, 0.2) is 0 Å². The van der Waals surface area contributed by atoms with Gasteiger partial charge in [-0.1, -0.05) is 102 Å². The molecule has 198 valence electrons. The molecule has 0 aromatic heterocycles. The number of amides is 1. The maximum Gasteiger partial charge on any atom is 0.338 e. The van der Waals surface area contributed by atoms with E-state index in [0.717, 1.165) is 22.3 Å². The fraction of sp³-hybridized carbons (Fsp3) is 0.188. The molecule has 1 amide bonds. The van der Waals surface area contributed by atoms with Gasteiger partial charge in [0.05, 0.1) is 28.8 Å². The number of esters is 1. The highest BCUT2D eigenvalue weighted by Crippen LogP contribution is 2.37. The molecular weight excluding hydrogens is 533 g/mol. The molecule has 1 atom stereocenters. The summed E-state index contributed by atoms with van der Waals surface area (Å²) in [6, 6.07) is 32.5. The van der Waals surface area contributed by atoms with E-state index in [1.807, 2.05) is 42.5 Å². The minimum Gasteiger partial charge on any atom is -0.462 e. The average molecular weight is 560 g/mol. The lowest BCUT2D eigenvalue weighted by molar-refractivity contribution is -0.169. The molecule has 1 unspecified atom stereocenters. The van der Waals surface area contributed by atoms with Gasteiger partial charge in [0.1, 0.15) is 12.2 Å². The highest BCUT2D eigenvalue weighted by Gasteiger charge is 2.42. The van der Waals surface area contributed by atoms with E-state index in [4.69, 9.17) is 32.7 Å². The Morgan fingerprint density at radius 2 is 1.51 bits per heavy atom. The Hall–Kier alpha value is -3.64. The molecule has 5 nitrogen and oxygen atoms in total. The molecule has 1 aliphatic rings. The minimum absolute atomic E-state index is 0.0990. The van der Waals surface area contributed by atoms with Crippen molar-refractivity contribution in [3.63, 3.8) is 0 Å². The van der Waals surface area contributed by atoms with Gasteiger partial charge in [-0.3, -0.25) is 4.79 Å². The summed E-state index contributed by atoms with van der Waals surface area (Å²) in [6.45, 7) is 0.689. The summed E-state index contributed by atoms with van der Waals surface area (Å²) in [5.41, 5.74) is 3.56. The zero-order valence-electron chi connectivity index (χ0n) is 21.2. The summed E-state index contributed by atoms with van der Waals surface area (Å²) in [5, 5.41) is 0.812. The number of nitrogens with zero attached hydrogens (tertiary/aromatic N) is 1. The van der Waals surface area contributed by atoms with Crippen LogP contribution in [-0.2, 0) is 26.4 Å². The summed E-state index contributed by atoms with van der Waals surface area (Å²) in [7, 11) is 0. The highest BCUT2D eigenvalue weighted by molar-refractivity contribution is 6.42. The third kappa shape index (κ3) is 6.34. The summed E-state index contributed by atoms with van der Waals surface area (Å²) in [4.78, 5) is 27.3. The van der Waals surface area contributed by atoms with Gasteiger partial charge in [-0.2, -0.15) is 0 Å². The second kappa shape index (κ2) is 12.0. The van der Waals surface area contributed by atoms with Gasteiger partial charge in [-0.25, -0.2) is 4.79 Å². The topological polar surface area (TPSA) is 55.8 Å². The Balaban J connectivity index is 1.35. The van der Waals surface area contributed by atoms with Crippen LogP contribution in [0.5, 0.6) is 0 Å². The summed E-state index contributed by atoms with van der Waals surface area (Å²) >= 11 is 12.6. The van der Waals surface area contributed by atoms with Crippen LogP contribution in [0, 0.1) is 0 Å². The van der Waals surface area contributed by atoms with Gasteiger partial charge in [0, 0.05) is 13.0 Å². The summed E-state index contributed by atoms with van der Waals surface area (Å²) in [6.07, 6.45) is 0.334. The first-order chi connectivity index (χ1) is 18.9. The lowest BCUT2D eigenvalue weighted by Gasteiger charge is -2.43. The number of morpholine rings is 1. The standard InChI is InChI=1S/C32H27Cl2NO4/c33-28-16-15-27(19-29(28)34)32(17-18-38-31(37)26-9-5-2-6-10-26)22-35(30(36)21-39-32)20-23-11-13-25(14-12-23)24-7-3-1-4-8-24/h1-16,19H,17-18,20-22H2. The van der Waals surface area contributed by atoms with E-state index in [2.05, 4.69) is 24.3 Å². The van der Waals surface area contributed by atoms with Gasteiger partial charge >= 0.3 is 5.97 Å². The molecule has 0 spiro atoms. The molecule has 1 aliphatic heterocycles. The minimum atomic E-state index is -0.927. The molecule has 0 N–H and O–H groups in total. The normalized spacial score (nSPS) is 17.2. The van der Waals surface area contributed by atoms with Crippen LogP contribution in [0.4, 0.5) is 0 Å². The number of ether oxygens (including phenoxy) is 2. The van der Waals surface area contributed by atoms with Crippen molar-refractivity contribution >= 4 is 35.1 Å². The maximum atomic E-state index is 13.0. The van der Waals surface area contributed by atoms with Crippen molar-refractivity contribution in [3.8, 4) is 11.1 Å². The average Bonchev–Trinajstić information content (AvgIpc) is 2.97. The fourth-order valence-corrected chi connectivity index (χ4v) is 5.04. The second-order valence-electron chi connectivity index (χ2n) is 9.48. The van der Waals surface area contributed by atoms with Crippen molar-refractivity contribution in [1.82, 2.24) is 4.90 Å². The predicted molar refractivity (Wildman–Crippen MR) is 153 cm³/mol. The van der Waals surface area contributed by atoms with E-state index >= 15 is 0 Å². The van der Waals surface area contributed by atoms with Crippen LogP contribution in [0.1, 0.15) is 27.9 Å². The molecule has 0 saturated carbocycles. The maximum absolute atomic E-state index is 13.0. The molecule has 1 fully saturated rings. The van der Waals surface area contributed by atoms with E-state index in [1.165, 1.54) is 0 Å². The van der Waals surface area contributed by atoms with Gasteiger partial charge in [-0.15, -0.1) is 0 Å². The van der Waals surface area contributed by atoms with Crippen molar-refractivity contribution in [2.45, 2.75) is 18.6 Å². The van der Waals surface area contributed by atoms with Crippen molar-refractivity contribution in [2.24, 2.45) is 0 Å². The molecule has 7 heteroatoms. The van der Waals surface area contributed by atoms with Crippen LogP contribution in [-0.4, -0.2) is 36.5 Å². The predicted octanol–water partition coefficient (Wildman–Crippen LogP) is 7.16. The number of hydrogen-bond acceptors (Lipinski definition) is 4. The number of carbonyl (C=O) groups excluding carboxylic acids is 2. The Kier molecular flexibility index (Phi) is 8.32. The zero-order valence-corrected chi connectivity index (χ0v) is 22.7. The van der Waals surface area contributed by atoms with Crippen LogP contribution in [0.25, 0.3) is 11.1 Å². The van der Waals surface area contributed by atoms with Gasteiger partial charge < -0.3 is 14.4 Å². The van der Waals surface area contributed by atoms with E-state index in [0.29, 0.717) is 28.6 Å². The molecule has 39 heavy (non-hydrogen) atoms. The van der Waals surface area contributed by atoms with Gasteiger partial charge in [0.2, 0.25) is 5.91 Å². The molecule has 1 heterocycles. The van der Waals surface area contributed by atoms with E-state index < -0.39 is 11.6 Å². The molecule has 1 saturated heterocycles. The Labute approximate surface area is 237 Å². The Bertz CT molecular complexity index is 1440. The van der Waals surface area contributed by atoms with Crippen molar-refractivity contribution < 1.29 is 19.1 Å². The van der Waals surface area contributed by atoms with Crippen LogP contribution < -0.4 is 0 Å².